The average Bonchev–Trinajstić information content (AvgIpc) is 1.99. The van der Waals surface area contributed by atoms with E-state index in [1.807, 2.05) is 0 Å². The molecular weight excluding hydrogens is 164 g/mol. The Hall–Kier alpha value is -1.26. The van der Waals surface area contributed by atoms with Gasteiger partial charge in [-0.1, -0.05) is 0 Å². The maximum atomic E-state index is 12.2. The molecule has 0 bridgehead atoms. The summed E-state index contributed by atoms with van der Waals surface area (Å²) in [4.78, 5) is 2.98. The van der Waals surface area contributed by atoms with Gasteiger partial charge in [-0.25, -0.2) is 13.2 Å². The van der Waals surface area contributed by atoms with Crippen LogP contribution >= 0.6 is 0 Å². The van der Waals surface area contributed by atoms with Crippen molar-refractivity contribution in [3.63, 3.8) is 0 Å². The molecule has 0 aliphatic carbocycles. The van der Waals surface area contributed by atoms with Crippen LogP contribution in [0.25, 0.3) is 0 Å². The highest BCUT2D eigenvalue weighted by atomic mass is 19.3. The maximum absolute atomic E-state index is 12.2. The first-order valence-corrected chi connectivity index (χ1v) is 2.58. The van der Waals surface area contributed by atoms with E-state index in [0.29, 0.717) is 12.1 Å². The van der Waals surface area contributed by atoms with Crippen LogP contribution in [0.4, 0.5) is 17.7 Å². The van der Waals surface area contributed by atoms with E-state index in [0.717, 1.165) is 0 Å². The second-order valence-electron chi connectivity index (χ2n) is 1.78. The molecule has 1 aromatic carbocycles. The molecule has 0 heterocycles. The molecule has 1 nitrogen and oxygen atoms in total. The molecule has 0 spiro atoms. The summed E-state index contributed by atoms with van der Waals surface area (Å²) in [6.07, 6.45) is 0. The summed E-state index contributed by atoms with van der Waals surface area (Å²) < 4.78 is 47.7. The SMILES string of the molecule is FOc1cc(F)c(F)c(F)c1. The largest absolute Gasteiger partial charge is 0.294 e. The van der Waals surface area contributed by atoms with Crippen LogP contribution in [-0.4, -0.2) is 0 Å². The van der Waals surface area contributed by atoms with Crippen molar-refractivity contribution < 1.29 is 22.6 Å². The van der Waals surface area contributed by atoms with Crippen LogP contribution in [0.15, 0.2) is 12.1 Å². The van der Waals surface area contributed by atoms with Crippen molar-refractivity contribution in [2.24, 2.45) is 0 Å². The molecule has 0 atom stereocenters. The minimum absolute atomic E-state index is 0.401. The predicted molar refractivity (Wildman–Crippen MR) is 28.1 cm³/mol. The second kappa shape index (κ2) is 2.77. The fourth-order valence-electron chi connectivity index (χ4n) is 0.577. The molecule has 0 saturated heterocycles. The molecule has 0 aromatic heterocycles. The van der Waals surface area contributed by atoms with Gasteiger partial charge in [-0.3, -0.25) is 4.94 Å². The third-order valence-electron chi connectivity index (χ3n) is 1.05. The van der Waals surface area contributed by atoms with Gasteiger partial charge in [0.05, 0.1) is 0 Å². The van der Waals surface area contributed by atoms with Gasteiger partial charge in [0.25, 0.3) is 0 Å². The molecule has 0 fully saturated rings. The van der Waals surface area contributed by atoms with Crippen LogP contribution in [0.3, 0.4) is 0 Å². The van der Waals surface area contributed by atoms with Crippen molar-refractivity contribution in [2.45, 2.75) is 0 Å². The first-order chi connectivity index (χ1) is 5.15. The fraction of sp³-hybridized carbons (Fsp3) is 0. The Kier molecular flexibility index (Phi) is 1.98. The van der Waals surface area contributed by atoms with Crippen LogP contribution in [0.1, 0.15) is 0 Å². The summed E-state index contributed by atoms with van der Waals surface area (Å²) in [6.45, 7) is 0. The van der Waals surface area contributed by atoms with Crippen LogP contribution in [0.5, 0.6) is 5.75 Å². The molecule has 0 N–H and O–H groups in total. The lowest BCUT2D eigenvalue weighted by Crippen LogP contribution is -1.90. The highest BCUT2D eigenvalue weighted by Gasteiger charge is 2.11. The monoisotopic (exact) mass is 166 g/mol. The molecule has 11 heavy (non-hydrogen) atoms. The van der Waals surface area contributed by atoms with Crippen LogP contribution < -0.4 is 4.94 Å². The molecule has 60 valence electrons. The van der Waals surface area contributed by atoms with Gasteiger partial charge in [0.2, 0.25) is 0 Å². The molecule has 1 rings (SSSR count). The smallest absolute Gasteiger partial charge is 0.194 e. The van der Waals surface area contributed by atoms with E-state index in [-0.39, 0.29) is 0 Å². The first-order valence-electron chi connectivity index (χ1n) is 2.58. The Morgan fingerprint density at radius 2 is 1.45 bits per heavy atom. The number of halogens is 4. The summed E-state index contributed by atoms with van der Waals surface area (Å²) >= 11 is 0. The molecule has 0 unspecified atom stereocenters. The summed E-state index contributed by atoms with van der Waals surface area (Å²) in [6, 6.07) is 0.802. The Morgan fingerprint density at radius 1 is 1.00 bits per heavy atom. The third-order valence-corrected chi connectivity index (χ3v) is 1.05. The van der Waals surface area contributed by atoms with Crippen LogP contribution in [0.2, 0.25) is 0 Å². The van der Waals surface area contributed by atoms with Gasteiger partial charge >= 0.3 is 0 Å². The van der Waals surface area contributed by atoms with Crippen molar-refractivity contribution in [1.29, 1.82) is 0 Å². The Labute approximate surface area is 59.1 Å². The number of rotatable bonds is 1. The highest BCUT2D eigenvalue weighted by Crippen LogP contribution is 2.19. The zero-order valence-electron chi connectivity index (χ0n) is 5.07. The Balaban J connectivity index is 3.21. The van der Waals surface area contributed by atoms with Gasteiger partial charge in [-0.05, 0) is 0 Å². The van der Waals surface area contributed by atoms with Gasteiger partial charge in [0.1, 0.15) is 0 Å². The molecule has 0 aliphatic heterocycles. The van der Waals surface area contributed by atoms with Crippen molar-refractivity contribution in [3.8, 4) is 5.75 Å². The first kappa shape index (κ1) is 7.84. The lowest BCUT2D eigenvalue weighted by atomic mass is 10.3. The standard InChI is InChI=1S/C6H2F4O/c7-4-1-3(11-10)2-5(8)6(4)9/h1-2H. The number of benzene rings is 1. The molecule has 0 amide bonds. The second-order valence-corrected chi connectivity index (χ2v) is 1.78. The zero-order chi connectivity index (χ0) is 8.43. The van der Waals surface area contributed by atoms with E-state index in [9.17, 15) is 17.7 Å². The Morgan fingerprint density at radius 3 is 1.82 bits per heavy atom. The van der Waals surface area contributed by atoms with Gasteiger partial charge in [0.15, 0.2) is 23.2 Å². The minimum atomic E-state index is -1.65. The topological polar surface area (TPSA) is 9.23 Å². The van der Waals surface area contributed by atoms with Gasteiger partial charge in [-0.2, -0.15) is 0 Å². The summed E-state index contributed by atoms with van der Waals surface area (Å²) in [5.74, 6) is -5.33. The maximum Gasteiger partial charge on any atom is 0.194 e. The van der Waals surface area contributed by atoms with Crippen LogP contribution in [0, 0.1) is 17.5 Å². The predicted octanol–water partition coefficient (Wildman–Crippen LogP) is 2.37. The normalized spacial score (nSPS) is 9.82. The minimum Gasteiger partial charge on any atom is -0.294 e. The van der Waals surface area contributed by atoms with E-state index in [1.54, 1.807) is 0 Å². The zero-order valence-corrected chi connectivity index (χ0v) is 5.07. The summed E-state index contributed by atoms with van der Waals surface area (Å²) in [5.41, 5.74) is 0. The van der Waals surface area contributed by atoms with Crippen LogP contribution in [-0.2, 0) is 0 Å². The quantitative estimate of drug-likeness (QED) is 0.459. The lowest BCUT2D eigenvalue weighted by Gasteiger charge is -1.96. The molecule has 1 aromatic rings. The van der Waals surface area contributed by atoms with Crippen molar-refractivity contribution in [3.05, 3.63) is 29.6 Å². The van der Waals surface area contributed by atoms with E-state index >= 15 is 0 Å². The lowest BCUT2D eigenvalue weighted by molar-refractivity contribution is -0.00711. The van der Waals surface area contributed by atoms with Crippen molar-refractivity contribution in [1.82, 2.24) is 0 Å². The van der Waals surface area contributed by atoms with Gasteiger partial charge in [-0.15, -0.1) is 0 Å². The average molecular weight is 166 g/mol. The summed E-state index contributed by atoms with van der Waals surface area (Å²) in [5, 5.41) is 0. The Bertz CT molecular complexity index is 250. The van der Waals surface area contributed by atoms with Crippen molar-refractivity contribution >= 4 is 0 Å². The molecule has 0 saturated carbocycles. The van der Waals surface area contributed by atoms with E-state index in [2.05, 4.69) is 4.94 Å². The highest BCUT2D eigenvalue weighted by molar-refractivity contribution is 5.24. The van der Waals surface area contributed by atoms with Gasteiger partial charge < -0.3 is 0 Å². The van der Waals surface area contributed by atoms with E-state index < -0.39 is 23.2 Å². The van der Waals surface area contributed by atoms with E-state index in [1.165, 1.54) is 0 Å². The third kappa shape index (κ3) is 1.42. The fourth-order valence-corrected chi connectivity index (χ4v) is 0.577. The molecular formula is C6H2F4O. The van der Waals surface area contributed by atoms with E-state index in [4.69, 9.17) is 0 Å². The molecule has 0 radical (unpaired) electrons. The number of hydrogen-bond donors (Lipinski definition) is 0. The van der Waals surface area contributed by atoms with Crippen molar-refractivity contribution in [2.75, 3.05) is 0 Å². The van der Waals surface area contributed by atoms with Gasteiger partial charge in [0, 0.05) is 16.7 Å². The molecule has 5 heteroatoms. The number of hydrogen-bond acceptors (Lipinski definition) is 1. The summed E-state index contributed by atoms with van der Waals surface area (Å²) in [7, 11) is 0. The molecule has 0 aliphatic rings.